The Morgan fingerprint density at radius 2 is 1.87 bits per heavy atom. The quantitative estimate of drug-likeness (QED) is 0.616. The van der Waals surface area contributed by atoms with E-state index in [-0.39, 0.29) is 18.3 Å². The first kappa shape index (κ1) is 19.8. The Morgan fingerprint density at radius 3 is 2.52 bits per heavy atom. The molecular weight excluding hydrogens is 312 g/mol. The van der Waals surface area contributed by atoms with E-state index in [0.29, 0.717) is 18.2 Å². The van der Waals surface area contributed by atoms with Crippen molar-refractivity contribution in [2.45, 2.75) is 51.5 Å². The van der Waals surface area contributed by atoms with E-state index in [1.165, 1.54) is 38.5 Å². The van der Waals surface area contributed by atoms with Crippen LogP contribution in [0.15, 0.2) is 18.2 Å². The van der Waals surface area contributed by atoms with Crippen LogP contribution >= 0.6 is 12.4 Å². The van der Waals surface area contributed by atoms with Crippen LogP contribution in [0.3, 0.4) is 0 Å². The van der Waals surface area contributed by atoms with Crippen molar-refractivity contribution in [3.05, 3.63) is 29.3 Å². The predicted molar refractivity (Wildman–Crippen MR) is 96.8 cm³/mol. The van der Waals surface area contributed by atoms with Gasteiger partial charge in [0.05, 0.1) is 7.11 Å². The number of carbonyl (C=O) groups excluding carboxylic acids is 1. The topological polar surface area (TPSA) is 50.4 Å². The molecule has 0 aromatic heterocycles. The van der Waals surface area contributed by atoms with Crippen molar-refractivity contribution in [2.75, 3.05) is 20.2 Å². The minimum atomic E-state index is -0.0408. The summed E-state index contributed by atoms with van der Waals surface area (Å²) < 4.78 is 5.26. The van der Waals surface area contributed by atoms with Crippen LogP contribution in [-0.2, 0) is 0 Å². The summed E-state index contributed by atoms with van der Waals surface area (Å²) in [6.45, 7) is 3.46. The number of methoxy groups -OCH3 is 1. The molecular formula is C18H29ClN2O2. The highest BCUT2D eigenvalue weighted by molar-refractivity contribution is 5.94. The van der Waals surface area contributed by atoms with E-state index in [4.69, 9.17) is 4.74 Å². The van der Waals surface area contributed by atoms with Crippen molar-refractivity contribution in [3.63, 3.8) is 0 Å². The van der Waals surface area contributed by atoms with Gasteiger partial charge in [-0.05, 0) is 37.5 Å². The van der Waals surface area contributed by atoms with Crippen LogP contribution < -0.4 is 15.4 Å². The number of amides is 1. The monoisotopic (exact) mass is 340 g/mol. The zero-order chi connectivity index (χ0) is 15.8. The molecule has 0 atom stereocenters. The molecule has 1 aromatic carbocycles. The summed E-state index contributed by atoms with van der Waals surface area (Å²) in [6, 6.07) is 6.17. The highest BCUT2D eigenvalue weighted by Gasteiger charge is 2.11. The van der Waals surface area contributed by atoms with Crippen LogP contribution in [0.2, 0.25) is 0 Å². The number of ether oxygens (including phenoxy) is 1. The summed E-state index contributed by atoms with van der Waals surface area (Å²) in [6.07, 6.45) is 7.92. The predicted octanol–water partition coefficient (Wildman–Crippen LogP) is 3.47. The Kier molecular flexibility index (Phi) is 9.03. The van der Waals surface area contributed by atoms with Gasteiger partial charge in [-0.3, -0.25) is 4.79 Å². The number of nitrogens with one attached hydrogen (secondary N) is 2. The maximum Gasteiger partial charge on any atom is 0.251 e. The van der Waals surface area contributed by atoms with Crippen LogP contribution in [0.1, 0.15) is 54.4 Å². The van der Waals surface area contributed by atoms with Crippen LogP contribution in [0.4, 0.5) is 0 Å². The number of hydrogen-bond donors (Lipinski definition) is 2. The number of rotatable bonds is 6. The number of aryl methyl sites for hydroxylation is 1. The first-order valence-corrected chi connectivity index (χ1v) is 8.37. The second kappa shape index (κ2) is 10.5. The second-order valence-electron chi connectivity index (χ2n) is 6.08. The molecule has 2 N–H and O–H groups in total. The average molecular weight is 341 g/mol. The van der Waals surface area contributed by atoms with Crippen molar-refractivity contribution in [1.29, 1.82) is 0 Å². The minimum Gasteiger partial charge on any atom is -0.496 e. The maximum atomic E-state index is 12.1. The van der Waals surface area contributed by atoms with E-state index in [0.717, 1.165) is 17.9 Å². The van der Waals surface area contributed by atoms with Gasteiger partial charge in [-0.25, -0.2) is 0 Å². The molecule has 1 fully saturated rings. The van der Waals surface area contributed by atoms with Crippen molar-refractivity contribution in [1.82, 2.24) is 10.6 Å². The van der Waals surface area contributed by atoms with Crippen molar-refractivity contribution < 1.29 is 9.53 Å². The Bertz CT molecular complexity index is 486. The molecule has 1 aliphatic carbocycles. The smallest absolute Gasteiger partial charge is 0.251 e. The van der Waals surface area contributed by atoms with Crippen LogP contribution in [0.5, 0.6) is 5.75 Å². The van der Waals surface area contributed by atoms with Gasteiger partial charge in [0.15, 0.2) is 0 Å². The van der Waals surface area contributed by atoms with Crippen molar-refractivity contribution >= 4 is 18.3 Å². The highest BCUT2D eigenvalue weighted by Crippen LogP contribution is 2.19. The van der Waals surface area contributed by atoms with E-state index in [1.807, 2.05) is 19.1 Å². The third-order valence-corrected chi connectivity index (χ3v) is 4.37. The second-order valence-corrected chi connectivity index (χ2v) is 6.08. The molecule has 0 bridgehead atoms. The fourth-order valence-electron chi connectivity index (χ4n) is 3.00. The summed E-state index contributed by atoms with van der Waals surface area (Å²) in [5.41, 5.74) is 1.69. The summed E-state index contributed by atoms with van der Waals surface area (Å²) in [5.74, 6) is 0.713. The zero-order valence-corrected chi connectivity index (χ0v) is 15.0. The maximum absolute atomic E-state index is 12.1. The lowest BCUT2D eigenvalue weighted by atomic mass is 10.1. The summed E-state index contributed by atoms with van der Waals surface area (Å²) >= 11 is 0. The van der Waals surface area contributed by atoms with E-state index >= 15 is 0 Å². The van der Waals surface area contributed by atoms with Gasteiger partial charge in [-0.15, -0.1) is 12.4 Å². The van der Waals surface area contributed by atoms with Gasteiger partial charge in [-0.1, -0.05) is 31.7 Å². The molecule has 1 aromatic rings. The van der Waals surface area contributed by atoms with Crippen molar-refractivity contribution in [2.24, 2.45) is 0 Å². The van der Waals surface area contributed by atoms with E-state index < -0.39 is 0 Å². The van der Waals surface area contributed by atoms with E-state index in [2.05, 4.69) is 10.6 Å². The third-order valence-electron chi connectivity index (χ3n) is 4.37. The lowest BCUT2D eigenvalue weighted by Gasteiger charge is -2.16. The van der Waals surface area contributed by atoms with Crippen LogP contribution in [-0.4, -0.2) is 32.1 Å². The largest absolute Gasteiger partial charge is 0.496 e. The lowest BCUT2D eigenvalue weighted by molar-refractivity contribution is 0.0953. The SMILES string of the molecule is COc1cc(C(=O)NCCNC2CCCCCC2)ccc1C.Cl. The molecule has 23 heavy (non-hydrogen) atoms. The average Bonchev–Trinajstić information content (AvgIpc) is 2.80. The number of carbonyl (C=O) groups is 1. The van der Waals surface area contributed by atoms with E-state index in [9.17, 15) is 4.79 Å². The fraction of sp³-hybridized carbons (Fsp3) is 0.611. The zero-order valence-electron chi connectivity index (χ0n) is 14.2. The Morgan fingerprint density at radius 1 is 1.17 bits per heavy atom. The van der Waals surface area contributed by atoms with Gasteiger partial charge in [0.1, 0.15) is 5.75 Å². The molecule has 0 heterocycles. The molecule has 1 aliphatic rings. The van der Waals surface area contributed by atoms with Gasteiger partial charge in [0, 0.05) is 24.7 Å². The van der Waals surface area contributed by atoms with Crippen LogP contribution in [0.25, 0.3) is 0 Å². The van der Waals surface area contributed by atoms with Gasteiger partial charge in [0.25, 0.3) is 5.91 Å². The molecule has 130 valence electrons. The Balaban J connectivity index is 0.00000264. The van der Waals surface area contributed by atoms with Gasteiger partial charge < -0.3 is 15.4 Å². The molecule has 2 rings (SSSR count). The van der Waals surface area contributed by atoms with Gasteiger partial charge in [-0.2, -0.15) is 0 Å². The molecule has 1 saturated carbocycles. The molecule has 4 nitrogen and oxygen atoms in total. The number of hydrogen-bond acceptors (Lipinski definition) is 3. The fourth-order valence-corrected chi connectivity index (χ4v) is 3.00. The molecule has 0 aliphatic heterocycles. The van der Waals surface area contributed by atoms with Crippen LogP contribution in [0, 0.1) is 6.92 Å². The van der Waals surface area contributed by atoms with E-state index in [1.54, 1.807) is 13.2 Å². The minimum absolute atomic E-state index is 0. The van der Waals surface area contributed by atoms with Crippen molar-refractivity contribution in [3.8, 4) is 5.75 Å². The molecule has 1 amide bonds. The standard InChI is InChI=1S/C18H28N2O2.ClH/c1-14-9-10-15(13-17(14)22-2)18(21)20-12-11-19-16-7-5-3-4-6-8-16;/h9-10,13,16,19H,3-8,11-12H2,1-2H3,(H,20,21);1H. The summed E-state index contributed by atoms with van der Waals surface area (Å²) in [4.78, 5) is 12.1. The van der Waals surface area contributed by atoms with Gasteiger partial charge >= 0.3 is 0 Å². The highest BCUT2D eigenvalue weighted by atomic mass is 35.5. The first-order chi connectivity index (χ1) is 10.7. The lowest BCUT2D eigenvalue weighted by Crippen LogP contribution is -2.36. The Hall–Kier alpha value is -1.26. The number of benzene rings is 1. The summed E-state index contributed by atoms with van der Waals surface area (Å²) in [5, 5.41) is 6.53. The molecule has 0 radical (unpaired) electrons. The molecule has 0 saturated heterocycles. The first-order valence-electron chi connectivity index (χ1n) is 8.37. The summed E-state index contributed by atoms with van der Waals surface area (Å²) in [7, 11) is 1.63. The molecule has 0 spiro atoms. The normalized spacial score (nSPS) is 15.4. The Labute approximate surface area is 145 Å². The molecule has 5 heteroatoms. The molecule has 0 unspecified atom stereocenters. The van der Waals surface area contributed by atoms with Gasteiger partial charge in [0.2, 0.25) is 0 Å². The number of halogens is 1. The third kappa shape index (κ3) is 6.40.